The predicted octanol–water partition coefficient (Wildman–Crippen LogP) is 5.02. The summed E-state index contributed by atoms with van der Waals surface area (Å²) in [4.78, 5) is 33.3. The number of carbonyl (C=O) groups excluding carboxylic acids is 2. The molecule has 4 rings (SSSR count). The van der Waals surface area contributed by atoms with Crippen LogP contribution in [0.3, 0.4) is 0 Å². The van der Waals surface area contributed by atoms with E-state index in [0.717, 1.165) is 10.5 Å². The Bertz CT molecular complexity index is 1130. The second kappa shape index (κ2) is 10.7. The van der Waals surface area contributed by atoms with E-state index >= 15 is 0 Å². The van der Waals surface area contributed by atoms with Gasteiger partial charge < -0.3 is 10.2 Å². The highest BCUT2D eigenvalue weighted by molar-refractivity contribution is 7.99. The lowest BCUT2D eigenvalue weighted by Crippen LogP contribution is -2.43. The van der Waals surface area contributed by atoms with E-state index in [-0.39, 0.29) is 17.7 Å². The SMILES string of the molecule is Cc1ccc(Sc2ncccc2C(=O)N2CCC(C(=O)NCc3ccccc3)CC2)cc1C. The summed E-state index contributed by atoms with van der Waals surface area (Å²) >= 11 is 1.52. The number of pyridine rings is 1. The molecular formula is C27H29N3O2S. The molecule has 2 amide bonds. The lowest BCUT2D eigenvalue weighted by Gasteiger charge is -2.31. The molecule has 1 saturated heterocycles. The minimum atomic E-state index is -0.0592. The Balaban J connectivity index is 1.36. The van der Waals surface area contributed by atoms with E-state index in [0.29, 0.717) is 43.1 Å². The first kappa shape index (κ1) is 23.1. The quantitative estimate of drug-likeness (QED) is 0.562. The fourth-order valence-corrected chi connectivity index (χ4v) is 4.94. The second-order valence-electron chi connectivity index (χ2n) is 8.47. The van der Waals surface area contributed by atoms with Crippen molar-refractivity contribution < 1.29 is 9.59 Å². The van der Waals surface area contributed by atoms with Gasteiger partial charge in [-0.05, 0) is 67.6 Å². The minimum Gasteiger partial charge on any atom is -0.352 e. The van der Waals surface area contributed by atoms with Crippen molar-refractivity contribution in [3.8, 4) is 0 Å². The molecule has 0 bridgehead atoms. The zero-order valence-corrected chi connectivity index (χ0v) is 19.9. The van der Waals surface area contributed by atoms with Crippen LogP contribution in [0.5, 0.6) is 0 Å². The maximum absolute atomic E-state index is 13.3. The maximum Gasteiger partial charge on any atom is 0.256 e. The van der Waals surface area contributed by atoms with E-state index < -0.39 is 0 Å². The van der Waals surface area contributed by atoms with E-state index in [1.54, 1.807) is 6.20 Å². The first-order valence-electron chi connectivity index (χ1n) is 11.3. The molecule has 0 unspecified atom stereocenters. The summed E-state index contributed by atoms with van der Waals surface area (Å²) in [6.07, 6.45) is 3.07. The molecule has 6 heteroatoms. The molecule has 0 atom stereocenters. The molecule has 5 nitrogen and oxygen atoms in total. The Morgan fingerprint density at radius 3 is 2.48 bits per heavy atom. The third-order valence-corrected chi connectivity index (χ3v) is 7.17. The van der Waals surface area contributed by atoms with Crippen molar-refractivity contribution in [2.75, 3.05) is 13.1 Å². The molecule has 3 aromatic rings. The predicted molar refractivity (Wildman–Crippen MR) is 131 cm³/mol. The first-order chi connectivity index (χ1) is 16.0. The highest BCUT2D eigenvalue weighted by atomic mass is 32.2. The molecule has 33 heavy (non-hydrogen) atoms. The highest BCUT2D eigenvalue weighted by Crippen LogP contribution is 2.31. The fraction of sp³-hybridized carbons (Fsp3) is 0.296. The van der Waals surface area contributed by atoms with Gasteiger partial charge in [0.15, 0.2) is 0 Å². The molecule has 1 aliphatic rings. The van der Waals surface area contributed by atoms with E-state index in [1.165, 1.54) is 22.9 Å². The van der Waals surface area contributed by atoms with E-state index in [4.69, 9.17) is 0 Å². The third-order valence-electron chi connectivity index (χ3n) is 6.16. The van der Waals surface area contributed by atoms with Crippen LogP contribution in [-0.2, 0) is 11.3 Å². The van der Waals surface area contributed by atoms with Gasteiger partial charge in [0.25, 0.3) is 5.91 Å². The zero-order valence-electron chi connectivity index (χ0n) is 19.1. The van der Waals surface area contributed by atoms with Crippen molar-refractivity contribution in [1.29, 1.82) is 0 Å². The number of amides is 2. The second-order valence-corrected chi connectivity index (χ2v) is 9.54. The van der Waals surface area contributed by atoms with Crippen molar-refractivity contribution in [2.45, 2.75) is 43.2 Å². The summed E-state index contributed by atoms with van der Waals surface area (Å²) in [5.74, 6) is -0.00747. The van der Waals surface area contributed by atoms with Gasteiger partial charge in [-0.25, -0.2) is 4.98 Å². The van der Waals surface area contributed by atoms with Crippen LogP contribution in [0, 0.1) is 19.8 Å². The number of hydrogen-bond donors (Lipinski definition) is 1. The van der Waals surface area contributed by atoms with Gasteiger partial charge >= 0.3 is 0 Å². The molecule has 2 aromatic carbocycles. The van der Waals surface area contributed by atoms with Gasteiger partial charge in [0.1, 0.15) is 5.03 Å². The molecule has 1 aromatic heterocycles. The Hall–Kier alpha value is -3.12. The van der Waals surface area contributed by atoms with E-state index in [9.17, 15) is 9.59 Å². The minimum absolute atomic E-state index is 0.0161. The average molecular weight is 460 g/mol. The number of carbonyl (C=O) groups is 2. The largest absolute Gasteiger partial charge is 0.352 e. The normalized spacial score (nSPS) is 14.2. The summed E-state index contributed by atoms with van der Waals surface area (Å²) < 4.78 is 0. The standard InChI is InChI=1S/C27H29N3O2S/c1-19-10-11-23(17-20(19)2)33-26-24(9-6-14-28-26)27(32)30-15-12-22(13-16-30)25(31)29-18-21-7-4-3-5-8-21/h3-11,14,17,22H,12-13,15-16,18H2,1-2H3,(H,29,31). The van der Waals surface area contributed by atoms with Gasteiger partial charge in [-0.3, -0.25) is 9.59 Å². The summed E-state index contributed by atoms with van der Waals surface area (Å²) in [6, 6.07) is 19.8. The van der Waals surface area contributed by atoms with Crippen LogP contribution in [0.2, 0.25) is 0 Å². The number of piperidine rings is 1. The molecule has 1 N–H and O–H groups in total. The topological polar surface area (TPSA) is 62.3 Å². The van der Waals surface area contributed by atoms with Crippen molar-refractivity contribution in [2.24, 2.45) is 5.92 Å². The summed E-state index contributed by atoms with van der Waals surface area (Å²) in [5.41, 5.74) is 4.17. The monoisotopic (exact) mass is 459 g/mol. The van der Waals surface area contributed by atoms with Crippen LogP contribution in [0.25, 0.3) is 0 Å². The Labute approximate surface area is 199 Å². The number of aromatic nitrogens is 1. The van der Waals surface area contributed by atoms with Crippen LogP contribution in [0.1, 0.15) is 39.9 Å². The van der Waals surface area contributed by atoms with Crippen molar-refractivity contribution >= 4 is 23.6 Å². The Kier molecular flexibility index (Phi) is 7.45. The highest BCUT2D eigenvalue weighted by Gasteiger charge is 2.29. The molecule has 2 heterocycles. The van der Waals surface area contributed by atoms with E-state index in [1.807, 2.05) is 47.4 Å². The number of nitrogens with one attached hydrogen (secondary N) is 1. The molecule has 0 saturated carbocycles. The number of likely N-dealkylation sites (tertiary alicyclic amines) is 1. The fourth-order valence-electron chi connectivity index (χ4n) is 3.97. The number of aryl methyl sites for hydroxylation is 2. The molecule has 0 spiro atoms. The zero-order chi connectivity index (χ0) is 23.2. The van der Waals surface area contributed by atoms with Gasteiger partial charge in [0, 0.05) is 36.6 Å². The average Bonchev–Trinajstić information content (AvgIpc) is 2.85. The van der Waals surface area contributed by atoms with Crippen LogP contribution < -0.4 is 5.32 Å². The lowest BCUT2D eigenvalue weighted by atomic mass is 9.95. The third kappa shape index (κ3) is 5.82. The van der Waals surface area contributed by atoms with Crippen molar-refractivity contribution in [1.82, 2.24) is 15.2 Å². The number of nitrogens with zero attached hydrogens (tertiary/aromatic N) is 2. The van der Waals surface area contributed by atoms with Gasteiger partial charge in [0.2, 0.25) is 5.91 Å². The maximum atomic E-state index is 13.3. The van der Waals surface area contributed by atoms with Crippen LogP contribution in [-0.4, -0.2) is 34.8 Å². The van der Waals surface area contributed by atoms with E-state index in [2.05, 4.69) is 42.3 Å². The van der Waals surface area contributed by atoms with Gasteiger partial charge in [-0.1, -0.05) is 48.2 Å². The van der Waals surface area contributed by atoms with Gasteiger partial charge in [0.05, 0.1) is 5.56 Å². The number of benzene rings is 2. The Morgan fingerprint density at radius 1 is 1.00 bits per heavy atom. The summed E-state index contributed by atoms with van der Waals surface area (Å²) in [5, 5.41) is 3.75. The lowest BCUT2D eigenvalue weighted by molar-refractivity contribution is -0.126. The van der Waals surface area contributed by atoms with Gasteiger partial charge in [-0.15, -0.1) is 0 Å². The van der Waals surface area contributed by atoms with Crippen molar-refractivity contribution in [3.05, 3.63) is 89.1 Å². The molecule has 0 radical (unpaired) electrons. The molecule has 170 valence electrons. The van der Waals surface area contributed by atoms with Gasteiger partial charge in [-0.2, -0.15) is 0 Å². The first-order valence-corrected chi connectivity index (χ1v) is 12.1. The Morgan fingerprint density at radius 2 is 1.76 bits per heavy atom. The molecule has 1 fully saturated rings. The number of rotatable bonds is 6. The smallest absolute Gasteiger partial charge is 0.256 e. The van der Waals surface area contributed by atoms with Crippen LogP contribution in [0.15, 0.2) is 76.8 Å². The summed E-state index contributed by atoms with van der Waals surface area (Å²) in [6.45, 7) is 5.86. The molecular weight excluding hydrogens is 430 g/mol. The van der Waals surface area contributed by atoms with Crippen molar-refractivity contribution in [3.63, 3.8) is 0 Å². The molecule has 0 aliphatic carbocycles. The van der Waals surface area contributed by atoms with Crippen LogP contribution in [0.4, 0.5) is 0 Å². The number of hydrogen-bond acceptors (Lipinski definition) is 4. The summed E-state index contributed by atoms with van der Waals surface area (Å²) in [7, 11) is 0. The molecule has 1 aliphatic heterocycles. The van der Waals surface area contributed by atoms with Crippen LogP contribution >= 0.6 is 11.8 Å².